The molecule has 0 heterocycles. The van der Waals surface area contributed by atoms with Crippen molar-refractivity contribution < 1.29 is 40.7 Å². The monoisotopic (exact) mass is 429 g/mol. The molecule has 0 bridgehead atoms. The number of urea groups is 1. The van der Waals surface area contributed by atoms with Gasteiger partial charge in [0.25, 0.3) is 0 Å². The number of hydrogen-bond acceptors (Lipinski definition) is 4. The first kappa shape index (κ1) is 24.7. The Labute approximate surface area is 163 Å². The van der Waals surface area contributed by atoms with Gasteiger partial charge in [-0.1, -0.05) is 12.1 Å². The number of methoxy groups -OCH3 is 1. The molecule has 0 saturated heterocycles. The second kappa shape index (κ2) is 10.4. The first-order valence-corrected chi connectivity index (χ1v) is 8.34. The van der Waals surface area contributed by atoms with Gasteiger partial charge in [0.1, 0.15) is 6.54 Å². The summed E-state index contributed by atoms with van der Waals surface area (Å²) in [6.45, 7) is -1.54. The van der Waals surface area contributed by atoms with Crippen molar-refractivity contribution in [2.24, 2.45) is 0 Å². The number of halogens is 6. The highest BCUT2D eigenvalue weighted by Crippen LogP contribution is 2.31. The topological polar surface area (TPSA) is 70.7 Å². The Morgan fingerprint density at radius 1 is 1.17 bits per heavy atom. The highest BCUT2D eigenvalue weighted by Gasteiger charge is 2.31. The normalized spacial score (nSPS) is 13.3. The van der Waals surface area contributed by atoms with Crippen LogP contribution in [0.2, 0.25) is 0 Å². The van der Waals surface area contributed by atoms with Crippen LogP contribution in [0.3, 0.4) is 0 Å². The molecule has 0 saturated carbocycles. The van der Waals surface area contributed by atoms with Crippen LogP contribution in [0.25, 0.3) is 0 Å². The number of ether oxygens (including phenoxy) is 1. The summed E-state index contributed by atoms with van der Waals surface area (Å²) in [5.74, 6) is -0.836. The summed E-state index contributed by atoms with van der Waals surface area (Å²) in [4.78, 5) is 24.5. The van der Waals surface area contributed by atoms with Crippen molar-refractivity contribution in [1.82, 2.24) is 15.5 Å². The van der Waals surface area contributed by atoms with Gasteiger partial charge in [-0.05, 0) is 24.7 Å². The van der Waals surface area contributed by atoms with Crippen molar-refractivity contribution in [3.63, 3.8) is 0 Å². The lowest BCUT2D eigenvalue weighted by atomic mass is 10.0. The Kier molecular flexibility index (Phi) is 8.89. The van der Waals surface area contributed by atoms with Crippen molar-refractivity contribution >= 4 is 11.9 Å². The quantitative estimate of drug-likeness (QED) is 0.624. The fraction of sp³-hybridized carbons (Fsp3) is 0.529. The van der Waals surface area contributed by atoms with E-state index < -0.39 is 42.4 Å². The van der Waals surface area contributed by atoms with E-state index in [4.69, 9.17) is 4.74 Å². The fourth-order valence-corrected chi connectivity index (χ4v) is 2.41. The zero-order valence-electron chi connectivity index (χ0n) is 15.7. The number of alkyl halides is 6. The fourth-order valence-electron chi connectivity index (χ4n) is 2.41. The maximum atomic E-state index is 12.9. The summed E-state index contributed by atoms with van der Waals surface area (Å²) >= 11 is 0. The first-order chi connectivity index (χ1) is 13.3. The van der Waals surface area contributed by atoms with Gasteiger partial charge in [-0.2, -0.15) is 26.3 Å². The van der Waals surface area contributed by atoms with Gasteiger partial charge >= 0.3 is 18.4 Å². The first-order valence-electron chi connectivity index (χ1n) is 8.34. The standard InChI is InChI=1S/C17H21F6N3O3/c1-26(7-6-14(27)25-15(28)24-10-16(18,19)20)13(9-29-2)11-4-3-5-12(8-11)17(21,22)23/h3-5,8,13H,6-7,9-10H2,1-2H3,(H2,24,25,27,28)/t13-/m0/s1. The summed E-state index contributed by atoms with van der Waals surface area (Å²) in [6, 6.07) is 2.74. The minimum absolute atomic E-state index is 0.0165. The third-order valence-corrected chi connectivity index (χ3v) is 3.85. The molecule has 1 atom stereocenters. The summed E-state index contributed by atoms with van der Waals surface area (Å²) in [5, 5.41) is 3.25. The Bertz CT molecular complexity index is 694. The van der Waals surface area contributed by atoms with Crippen LogP contribution in [0.1, 0.15) is 23.6 Å². The summed E-state index contributed by atoms with van der Waals surface area (Å²) in [6.07, 6.45) is -9.40. The summed E-state index contributed by atoms with van der Waals surface area (Å²) in [5.41, 5.74) is -0.518. The van der Waals surface area contributed by atoms with Crippen molar-refractivity contribution in [2.75, 3.05) is 33.9 Å². The molecule has 2 N–H and O–H groups in total. The molecule has 0 aliphatic carbocycles. The largest absolute Gasteiger partial charge is 0.416 e. The van der Waals surface area contributed by atoms with Crippen LogP contribution < -0.4 is 10.6 Å². The molecule has 164 valence electrons. The van der Waals surface area contributed by atoms with Crippen LogP contribution in [-0.2, 0) is 15.7 Å². The third kappa shape index (κ3) is 9.13. The number of nitrogens with one attached hydrogen (secondary N) is 2. The van der Waals surface area contributed by atoms with E-state index in [1.54, 1.807) is 17.3 Å². The molecule has 0 spiro atoms. The van der Waals surface area contributed by atoms with E-state index in [9.17, 15) is 35.9 Å². The minimum atomic E-state index is -4.61. The van der Waals surface area contributed by atoms with E-state index in [-0.39, 0.29) is 19.6 Å². The van der Waals surface area contributed by atoms with Crippen molar-refractivity contribution in [3.05, 3.63) is 35.4 Å². The van der Waals surface area contributed by atoms with Crippen molar-refractivity contribution in [1.29, 1.82) is 0 Å². The van der Waals surface area contributed by atoms with Gasteiger partial charge in [-0.15, -0.1) is 0 Å². The Balaban J connectivity index is 2.68. The average molecular weight is 429 g/mol. The minimum Gasteiger partial charge on any atom is -0.383 e. The SMILES string of the molecule is COC[C@@H](c1cccc(C(F)(F)F)c1)N(C)CCC(=O)NC(=O)NCC(F)(F)F. The molecule has 3 amide bonds. The molecule has 29 heavy (non-hydrogen) atoms. The summed E-state index contributed by atoms with van der Waals surface area (Å²) < 4.78 is 79.9. The molecule has 1 rings (SSSR count). The molecule has 12 heteroatoms. The molecule has 0 fully saturated rings. The van der Waals surface area contributed by atoms with Gasteiger partial charge in [-0.25, -0.2) is 4.79 Å². The Hall–Kier alpha value is -2.34. The predicted octanol–water partition coefficient (Wildman–Crippen LogP) is 3.10. The predicted molar refractivity (Wildman–Crippen MR) is 90.9 cm³/mol. The molecule has 0 radical (unpaired) electrons. The van der Waals surface area contributed by atoms with Crippen LogP contribution in [0.5, 0.6) is 0 Å². The number of rotatable bonds is 8. The lowest BCUT2D eigenvalue weighted by Gasteiger charge is -2.28. The number of carbonyl (C=O) groups is 2. The van der Waals surface area contributed by atoms with E-state index in [2.05, 4.69) is 0 Å². The van der Waals surface area contributed by atoms with Crippen LogP contribution >= 0.6 is 0 Å². The van der Waals surface area contributed by atoms with E-state index in [0.717, 1.165) is 12.1 Å². The molecule has 0 aromatic heterocycles. The molecule has 0 unspecified atom stereocenters. The average Bonchev–Trinajstić information content (AvgIpc) is 2.61. The van der Waals surface area contributed by atoms with Gasteiger partial charge in [0.2, 0.25) is 5.91 Å². The van der Waals surface area contributed by atoms with Crippen molar-refractivity contribution in [3.8, 4) is 0 Å². The maximum Gasteiger partial charge on any atom is 0.416 e. The number of likely N-dealkylation sites (N-methyl/N-ethyl adjacent to an activating group) is 1. The Morgan fingerprint density at radius 2 is 1.83 bits per heavy atom. The van der Waals surface area contributed by atoms with E-state index in [0.29, 0.717) is 5.56 Å². The van der Waals surface area contributed by atoms with Crippen LogP contribution in [0.15, 0.2) is 24.3 Å². The smallest absolute Gasteiger partial charge is 0.383 e. The zero-order chi connectivity index (χ0) is 22.2. The number of hydrogen-bond donors (Lipinski definition) is 2. The second-order valence-corrected chi connectivity index (χ2v) is 6.17. The van der Waals surface area contributed by atoms with E-state index in [1.807, 2.05) is 0 Å². The van der Waals surface area contributed by atoms with Gasteiger partial charge in [0.15, 0.2) is 0 Å². The van der Waals surface area contributed by atoms with Gasteiger partial charge in [0, 0.05) is 20.1 Å². The van der Waals surface area contributed by atoms with Crippen molar-refractivity contribution in [2.45, 2.75) is 24.8 Å². The lowest BCUT2D eigenvalue weighted by molar-refractivity contribution is -0.137. The number of nitrogens with zero attached hydrogens (tertiary/aromatic N) is 1. The Morgan fingerprint density at radius 3 is 2.38 bits per heavy atom. The number of imide groups is 1. The highest BCUT2D eigenvalue weighted by molar-refractivity contribution is 5.94. The molecule has 0 aliphatic heterocycles. The molecule has 1 aromatic rings. The highest BCUT2D eigenvalue weighted by atomic mass is 19.4. The van der Waals surface area contributed by atoms with Gasteiger partial charge in [0.05, 0.1) is 18.2 Å². The van der Waals surface area contributed by atoms with Crippen LogP contribution in [0.4, 0.5) is 31.1 Å². The maximum absolute atomic E-state index is 12.9. The summed E-state index contributed by atoms with van der Waals surface area (Å²) in [7, 11) is 2.91. The number of carbonyl (C=O) groups excluding carboxylic acids is 2. The lowest BCUT2D eigenvalue weighted by Crippen LogP contribution is -2.44. The van der Waals surface area contributed by atoms with Crippen LogP contribution in [-0.4, -0.2) is 56.9 Å². The molecule has 1 aromatic carbocycles. The molecular weight excluding hydrogens is 408 g/mol. The van der Waals surface area contributed by atoms with Crippen LogP contribution in [0, 0.1) is 0 Å². The zero-order valence-corrected chi connectivity index (χ0v) is 15.7. The molecule has 6 nitrogen and oxygen atoms in total. The number of amides is 3. The molecular formula is C17H21F6N3O3. The molecule has 0 aliphatic rings. The van der Waals surface area contributed by atoms with Gasteiger partial charge in [-0.3, -0.25) is 15.0 Å². The van der Waals surface area contributed by atoms with E-state index >= 15 is 0 Å². The van der Waals surface area contributed by atoms with E-state index in [1.165, 1.54) is 24.6 Å². The van der Waals surface area contributed by atoms with Gasteiger partial charge < -0.3 is 10.1 Å². The second-order valence-electron chi connectivity index (χ2n) is 6.17. The third-order valence-electron chi connectivity index (χ3n) is 3.85. The number of benzene rings is 1.